The summed E-state index contributed by atoms with van der Waals surface area (Å²) in [6, 6.07) is 4.29. The van der Waals surface area contributed by atoms with Crippen molar-refractivity contribution in [1.82, 2.24) is 19.6 Å². The molecule has 0 spiro atoms. The first-order valence-electron chi connectivity index (χ1n) is 7.58. The Bertz CT molecular complexity index is 1090. The van der Waals surface area contributed by atoms with E-state index in [1.54, 1.807) is 0 Å². The maximum Gasteiger partial charge on any atom is 0.298 e. The van der Waals surface area contributed by atoms with Gasteiger partial charge in [0.05, 0.1) is 10.6 Å². The predicted octanol–water partition coefficient (Wildman–Crippen LogP) is 1.62. The van der Waals surface area contributed by atoms with Crippen LogP contribution in [-0.2, 0) is 16.4 Å². The van der Waals surface area contributed by atoms with Crippen molar-refractivity contribution in [2.24, 2.45) is 0 Å². The molecule has 3 rings (SSSR count). The Labute approximate surface area is 142 Å². The largest absolute Gasteiger partial charge is 0.298 e. The van der Waals surface area contributed by atoms with Gasteiger partial charge >= 0.3 is 0 Å². The molecule has 10 heteroatoms. The fourth-order valence-electron chi connectivity index (χ4n) is 2.34. The molecule has 8 nitrogen and oxygen atoms in total. The average Bonchev–Trinajstić information content (AvgIpc) is 2.95. The molecule has 132 valence electrons. The monoisotopic (exact) mass is 365 g/mol. The van der Waals surface area contributed by atoms with E-state index in [-0.39, 0.29) is 22.1 Å². The van der Waals surface area contributed by atoms with E-state index < -0.39 is 21.4 Å². The van der Waals surface area contributed by atoms with Crippen molar-refractivity contribution in [3.63, 3.8) is 0 Å². The lowest BCUT2D eigenvalue weighted by molar-refractivity contribution is 0.599. The molecule has 0 amide bonds. The molecule has 2 aromatic heterocycles. The molecule has 0 saturated carbocycles. The number of anilines is 1. The number of hydrogen-bond acceptors (Lipinski definition) is 5. The maximum absolute atomic E-state index is 13.0. The second-order valence-electron chi connectivity index (χ2n) is 5.49. The molecule has 2 heterocycles. The Balaban J connectivity index is 2.06. The van der Waals surface area contributed by atoms with Crippen LogP contribution in [0.3, 0.4) is 0 Å². The highest BCUT2D eigenvalue weighted by molar-refractivity contribution is 7.92. The van der Waals surface area contributed by atoms with Crippen molar-refractivity contribution in [3.05, 3.63) is 52.0 Å². The fourth-order valence-corrected chi connectivity index (χ4v) is 3.45. The van der Waals surface area contributed by atoms with Crippen LogP contribution in [0, 0.1) is 12.7 Å². The summed E-state index contributed by atoms with van der Waals surface area (Å²) in [4.78, 5) is 20.8. The lowest BCUT2D eigenvalue weighted by Crippen LogP contribution is -2.25. The van der Waals surface area contributed by atoms with Gasteiger partial charge in [0.2, 0.25) is 0 Å². The highest BCUT2D eigenvalue weighted by Crippen LogP contribution is 2.16. The van der Waals surface area contributed by atoms with Crippen molar-refractivity contribution in [2.45, 2.75) is 31.6 Å². The van der Waals surface area contributed by atoms with Crippen LogP contribution in [0.15, 0.2) is 34.0 Å². The van der Waals surface area contributed by atoms with Crippen LogP contribution >= 0.6 is 0 Å². The zero-order valence-electron chi connectivity index (χ0n) is 13.6. The van der Waals surface area contributed by atoms with Crippen LogP contribution in [0.2, 0.25) is 0 Å². The molecule has 25 heavy (non-hydrogen) atoms. The Morgan fingerprint density at radius 1 is 1.24 bits per heavy atom. The number of fused-ring (bicyclic) bond motifs is 1. The molecule has 0 aliphatic rings. The van der Waals surface area contributed by atoms with Gasteiger partial charge in [-0.2, -0.15) is 9.50 Å². The number of benzene rings is 1. The number of nitrogens with one attached hydrogen (secondary N) is 2. The van der Waals surface area contributed by atoms with Gasteiger partial charge in [-0.1, -0.05) is 6.92 Å². The first kappa shape index (κ1) is 17.1. The third-order valence-electron chi connectivity index (χ3n) is 3.57. The zero-order chi connectivity index (χ0) is 18.2. The van der Waals surface area contributed by atoms with E-state index in [9.17, 15) is 17.6 Å². The summed E-state index contributed by atoms with van der Waals surface area (Å²) < 4.78 is 41.2. The number of aromatic amines is 1. The Hall–Kier alpha value is -2.75. The highest BCUT2D eigenvalue weighted by Gasteiger charge is 2.20. The normalized spacial score (nSPS) is 11.8. The van der Waals surface area contributed by atoms with Crippen LogP contribution in [-0.4, -0.2) is 28.0 Å². The van der Waals surface area contributed by atoms with E-state index in [4.69, 9.17) is 0 Å². The van der Waals surface area contributed by atoms with E-state index in [0.717, 1.165) is 35.2 Å². The third kappa shape index (κ3) is 3.25. The van der Waals surface area contributed by atoms with Crippen molar-refractivity contribution < 1.29 is 12.8 Å². The highest BCUT2D eigenvalue weighted by atomic mass is 32.2. The van der Waals surface area contributed by atoms with Gasteiger partial charge < -0.3 is 0 Å². The van der Waals surface area contributed by atoms with Crippen molar-refractivity contribution in [2.75, 3.05) is 4.72 Å². The summed E-state index contributed by atoms with van der Waals surface area (Å²) in [6.07, 6.45) is 1.47. The summed E-state index contributed by atoms with van der Waals surface area (Å²) in [6.45, 7) is 3.48. The van der Waals surface area contributed by atoms with Gasteiger partial charge in [0.1, 0.15) is 17.3 Å². The number of rotatable bonds is 5. The summed E-state index contributed by atoms with van der Waals surface area (Å²) in [5, 5.41) is 2.81. The molecule has 0 saturated heterocycles. The zero-order valence-corrected chi connectivity index (χ0v) is 14.4. The molecule has 0 atom stereocenters. The molecule has 0 unspecified atom stereocenters. The van der Waals surface area contributed by atoms with Crippen LogP contribution in [0.4, 0.5) is 10.1 Å². The van der Waals surface area contributed by atoms with Crippen molar-refractivity contribution in [1.29, 1.82) is 0 Å². The minimum atomic E-state index is -4.05. The first-order chi connectivity index (χ1) is 11.8. The van der Waals surface area contributed by atoms with E-state index >= 15 is 0 Å². The minimum absolute atomic E-state index is 0.158. The van der Waals surface area contributed by atoms with Gasteiger partial charge in [-0.15, -0.1) is 0 Å². The fraction of sp³-hybridized carbons (Fsp3) is 0.267. The van der Waals surface area contributed by atoms with Gasteiger partial charge in [-0.05, 0) is 37.6 Å². The molecule has 0 fully saturated rings. The Morgan fingerprint density at radius 2 is 1.92 bits per heavy atom. The average molecular weight is 365 g/mol. The molecular weight excluding hydrogens is 349 g/mol. The first-order valence-corrected chi connectivity index (χ1v) is 9.07. The second-order valence-corrected chi connectivity index (χ2v) is 7.17. The number of aromatic nitrogens is 4. The van der Waals surface area contributed by atoms with Crippen molar-refractivity contribution >= 4 is 21.5 Å². The number of sulfonamides is 1. The summed E-state index contributed by atoms with van der Waals surface area (Å²) >= 11 is 0. The molecule has 0 aliphatic heterocycles. The predicted molar refractivity (Wildman–Crippen MR) is 89.5 cm³/mol. The van der Waals surface area contributed by atoms with E-state index in [0.29, 0.717) is 12.2 Å². The van der Waals surface area contributed by atoms with Crippen molar-refractivity contribution in [3.8, 4) is 0 Å². The van der Waals surface area contributed by atoms with Crippen LogP contribution in [0.5, 0.6) is 0 Å². The second kappa shape index (κ2) is 6.28. The SMILES string of the molecule is CCCc1nc2nc(C)c(NS(=O)(=O)c3ccc(F)cc3)c(=O)n2[nH]1. The standard InChI is InChI=1S/C15H16FN5O3S/c1-3-4-12-18-15-17-9(2)13(14(22)21(15)19-12)20-25(23,24)11-7-5-10(16)6-8-11/h5-8,20H,3-4H2,1-2H3,(H,17,18,19). The minimum Gasteiger partial charge on any atom is -0.275 e. The molecule has 0 aliphatic carbocycles. The van der Waals surface area contributed by atoms with Crippen LogP contribution in [0.1, 0.15) is 24.9 Å². The Kier molecular flexibility index (Phi) is 4.29. The lowest BCUT2D eigenvalue weighted by Gasteiger charge is -2.09. The quantitative estimate of drug-likeness (QED) is 0.714. The molecule has 3 aromatic rings. The number of nitrogens with zero attached hydrogens (tertiary/aromatic N) is 3. The molecule has 0 bridgehead atoms. The van der Waals surface area contributed by atoms with Crippen LogP contribution in [0.25, 0.3) is 5.78 Å². The topological polar surface area (TPSA) is 109 Å². The van der Waals surface area contributed by atoms with Crippen LogP contribution < -0.4 is 10.3 Å². The van der Waals surface area contributed by atoms with Gasteiger partial charge in [0, 0.05) is 6.42 Å². The van der Waals surface area contributed by atoms with E-state index in [1.807, 2.05) is 6.92 Å². The Morgan fingerprint density at radius 3 is 2.56 bits per heavy atom. The number of halogens is 1. The van der Waals surface area contributed by atoms with Gasteiger partial charge in [0.15, 0.2) is 0 Å². The number of hydrogen-bond donors (Lipinski definition) is 2. The lowest BCUT2D eigenvalue weighted by atomic mass is 10.3. The number of H-pyrrole nitrogens is 1. The third-order valence-corrected chi connectivity index (χ3v) is 4.94. The van der Waals surface area contributed by atoms with Gasteiger partial charge in [-0.25, -0.2) is 17.8 Å². The molecular formula is C15H16FN5O3S. The summed E-state index contributed by atoms with van der Waals surface area (Å²) in [5.74, 6) is 0.208. The summed E-state index contributed by atoms with van der Waals surface area (Å²) in [7, 11) is -4.05. The summed E-state index contributed by atoms with van der Waals surface area (Å²) in [5.41, 5.74) is -0.596. The molecule has 0 radical (unpaired) electrons. The molecule has 2 N–H and O–H groups in total. The maximum atomic E-state index is 13.0. The number of aryl methyl sites for hydroxylation is 2. The molecule has 1 aromatic carbocycles. The van der Waals surface area contributed by atoms with Gasteiger partial charge in [0.25, 0.3) is 21.4 Å². The van der Waals surface area contributed by atoms with Gasteiger partial charge in [-0.3, -0.25) is 14.6 Å². The van der Waals surface area contributed by atoms with E-state index in [1.165, 1.54) is 6.92 Å². The smallest absolute Gasteiger partial charge is 0.275 e. The van der Waals surface area contributed by atoms with E-state index in [2.05, 4.69) is 19.8 Å².